The number of benzene rings is 1. The summed E-state index contributed by atoms with van der Waals surface area (Å²) in [6, 6.07) is 5.70. The Kier molecular flexibility index (Phi) is 6.46. The summed E-state index contributed by atoms with van der Waals surface area (Å²) in [7, 11) is 0. The fourth-order valence-electron chi connectivity index (χ4n) is 2.17. The Morgan fingerprint density at radius 3 is 2.19 bits per heavy atom. The summed E-state index contributed by atoms with van der Waals surface area (Å²) in [5.41, 5.74) is 2.28. The van der Waals surface area contributed by atoms with Crippen molar-refractivity contribution in [3.05, 3.63) is 41.3 Å². The van der Waals surface area contributed by atoms with Crippen LogP contribution in [0.4, 0.5) is 5.69 Å². The van der Waals surface area contributed by atoms with Crippen molar-refractivity contribution in [2.24, 2.45) is 0 Å². The van der Waals surface area contributed by atoms with Gasteiger partial charge in [-0.3, -0.25) is 9.69 Å². The minimum atomic E-state index is -0.736. The van der Waals surface area contributed by atoms with Gasteiger partial charge in [0, 0.05) is 0 Å². The molecular weight excluding hydrogens is 270 g/mol. The molecular formula is C16H21NO4. The van der Waals surface area contributed by atoms with Gasteiger partial charge in [0.15, 0.2) is 5.70 Å². The van der Waals surface area contributed by atoms with Crippen LogP contribution in [0.1, 0.15) is 31.9 Å². The van der Waals surface area contributed by atoms with E-state index in [0.29, 0.717) is 31.2 Å². The monoisotopic (exact) mass is 291 g/mol. The molecule has 0 unspecified atom stereocenters. The fraction of sp³-hybridized carbons (Fsp3) is 0.375. The van der Waals surface area contributed by atoms with Crippen LogP contribution < -0.4 is 4.90 Å². The highest BCUT2D eigenvalue weighted by Crippen LogP contribution is 2.29. The highest BCUT2D eigenvalue weighted by molar-refractivity contribution is 6.00. The number of aliphatic hydroxyl groups is 1. The van der Waals surface area contributed by atoms with E-state index in [-0.39, 0.29) is 12.3 Å². The third kappa shape index (κ3) is 3.62. The Bertz CT molecular complexity index is 515. The van der Waals surface area contributed by atoms with Crippen molar-refractivity contribution in [2.45, 2.75) is 33.6 Å². The van der Waals surface area contributed by atoms with E-state index in [9.17, 15) is 14.7 Å². The lowest BCUT2D eigenvalue weighted by molar-refractivity contribution is -0.139. The van der Waals surface area contributed by atoms with Gasteiger partial charge in [-0.2, -0.15) is 0 Å². The zero-order valence-corrected chi connectivity index (χ0v) is 12.6. The van der Waals surface area contributed by atoms with Gasteiger partial charge in [-0.15, -0.1) is 0 Å². The quantitative estimate of drug-likeness (QED) is 0.363. The first kappa shape index (κ1) is 16.8. The number of carbonyl (C=O) groups excluding carboxylic acids is 2. The molecule has 0 heterocycles. The highest BCUT2D eigenvalue weighted by Gasteiger charge is 2.24. The minimum absolute atomic E-state index is 0.166. The summed E-state index contributed by atoms with van der Waals surface area (Å²) in [4.78, 5) is 24.6. The van der Waals surface area contributed by atoms with E-state index in [1.54, 1.807) is 6.92 Å². The number of nitrogens with zero attached hydrogens (tertiary/aromatic N) is 1. The number of rotatable bonds is 7. The van der Waals surface area contributed by atoms with E-state index in [2.05, 4.69) is 0 Å². The second-order valence-electron chi connectivity index (χ2n) is 4.34. The van der Waals surface area contributed by atoms with Crippen molar-refractivity contribution in [2.75, 3.05) is 11.5 Å². The lowest BCUT2D eigenvalue weighted by Crippen LogP contribution is -2.29. The molecule has 1 aromatic carbocycles. The number of hydrogen-bond acceptors (Lipinski definition) is 4. The van der Waals surface area contributed by atoms with Crippen molar-refractivity contribution < 1.29 is 19.4 Å². The minimum Gasteiger partial charge on any atom is -0.513 e. The summed E-state index contributed by atoms with van der Waals surface area (Å²) in [5.74, 6) is -0.736. The third-order valence-electron chi connectivity index (χ3n) is 3.18. The predicted octanol–water partition coefficient (Wildman–Crippen LogP) is 2.74. The molecule has 1 N–H and O–H groups in total. The molecule has 0 spiro atoms. The van der Waals surface area contributed by atoms with Gasteiger partial charge >= 0.3 is 5.97 Å². The Morgan fingerprint density at radius 2 is 1.81 bits per heavy atom. The van der Waals surface area contributed by atoms with Gasteiger partial charge in [0.2, 0.25) is 6.41 Å². The van der Waals surface area contributed by atoms with Gasteiger partial charge in [0.05, 0.1) is 12.3 Å². The lowest BCUT2D eigenvalue weighted by atomic mass is 10.0. The molecule has 0 radical (unpaired) electrons. The summed E-state index contributed by atoms with van der Waals surface area (Å²) in [5, 5.41) is 9.35. The van der Waals surface area contributed by atoms with E-state index in [0.717, 1.165) is 16.0 Å². The van der Waals surface area contributed by atoms with E-state index in [4.69, 9.17) is 4.74 Å². The number of para-hydroxylation sites is 1. The van der Waals surface area contributed by atoms with Crippen molar-refractivity contribution in [1.29, 1.82) is 0 Å². The van der Waals surface area contributed by atoms with Crippen LogP contribution in [0.3, 0.4) is 0 Å². The highest BCUT2D eigenvalue weighted by atomic mass is 16.5. The summed E-state index contributed by atoms with van der Waals surface area (Å²) in [6.07, 6.45) is 2.54. The third-order valence-corrected chi connectivity index (χ3v) is 3.18. The average Bonchev–Trinajstić information content (AvgIpc) is 2.51. The first-order valence-electron chi connectivity index (χ1n) is 7.01. The molecule has 0 aliphatic heterocycles. The smallest absolute Gasteiger partial charge is 0.358 e. The lowest BCUT2D eigenvalue weighted by Gasteiger charge is -2.24. The average molecular weight is 291 g/mol. The van der Waals surface area contributed by atoms with Gasteiger partial charge in [0.1, 0.15) is 6.26 Å². The molecule has 0 atom stereocenters. The first-order valence-corrected chi connectivity index (χ1v) is 7.01. The Morgan fingerprint density at radius 1 is 1.24 bits per heavy atom. The van der Waals surface area contributed by atoms with Gasteiger partial charge in [-0.1, -0.05) is 32.0 Å². The van der Waals surface area contributed by atoms with E-state index in [1.807, 2.05) is 32.0 Å². The van der Waals surface area contributed by atoms with E-state index >= 15 is 0 Å². The number of ether oxygens (including phenoxy) is 1. The Hall–Kier alpha value is -2.30. The second-order valence-corrected chi connectivity index (χ2v) is 4.34. The Balaban J connectivity index is 3.39. The molecule has 1 aromatic rings. The van der Waals surface area contributed by atoms with Crippen LogP contribution in [0.25, 0.3) is 0 Å². The molecule has 0 aliphatic rings. The van der Waals surface area contributed by atoms with Crippen LogP contribution in [0.5, 0.6) is 0 Å². The summed E-state index contributed by atoms with van der Waals surface area (Å²) < 4.78 is 4.88. The van der Waals surface area contributed by atoms with Crippen LogP contribution in [-0.4, -0.2) is 24.1 Å². The standard InChI is InChI=1S/C16H21NO4/c1-4-12-8-7-9-13(5-2)15(12)17(11-19)14(10-18)16(20)21-6-3/h7-11,18H,4-6H2,1-3H3/b14-10+. The molecule has 0 aliphatic carbocycles. The van der Waals surface area contributed by atoms with E-state index < -0.39 is 5.97 Å². The molecule has 5 nitrogen and oxygen atoms in total. The van der Waals surface area contributed by atoms with Gasteiger partial charge < -0.3 is 9.84 Å². The maximum absolute atomic E-state index is 11.9. The number of aliphatic hydroxyl groups excluding tert-OH is 1. The summed E-state index contributed by atoms with van der Waals surface area (Å²) in [6.45, 7) is 5.76. The zero-order valence-electron chi connectivity index (χ0n) is 12.6. The van der Waals surface area contributed by atoms with Crippen LogP contribution in [0.2, 0.25) is 0 Å². The van der Waals surface area contributed by atoms with Crippen molar-refractivity contribution in [3.63, 3.8) is 0 Å². The van der Waals surface area contributed by atoms with Gasteiger partial charge in [0.25, 0.3) is 0 Å². The Labute approximate surface area is 124 Å². The van der Waals surface area contributed by atoms with Crippen molar-refractivity contribution in [1.82, 2.24) is 0 Å². The molecule has 0 saturated carbocycles. The molecule has 1 rings (SSSR count). The molecule has 5 heteroatoms. The van der Waals surface area contributed by atoms with Crippen LogP contribution in [0, 0.1) is 0 Å². The number of carbonyl (C=O) groups is 2. The predicted molar refractivity (Wildman–Crippen MR) is 81.1 cm³/mol. The van der Waals surface area contributed by atoms with Gasteiger partial charge in [-0.05, 0) is 30.9 Å². The summed E-state index contributed by atoms with van der Waals surface area (Å²) >= 11 is 0. The largest absolute Gasteiger partial charge is 0.513 e. The first-order chi connectivity index (χ1) is 10.1. The maximum Gasteiger partial charge on any atom is 0.358 e. The normalized spacial score (nSPS) is 11.1. The molecule has 1 amide bonds. The number of amides is 1. The zero-order chi connectivity index (χ0) is 15.8. The van der Waals surface area contributed by atoms with Crippen LogP contribution >= 0.6 is 0 Å². The number of anilines is 1. The fourth-order valence-corrected chi connectivity index (χ4v) is 2.17. The molecule has 21 heavy (non-hydrogen) atoms. The van der Waals surface area contributed by atoms with Crippen LogP contribution in [-0.2, 0) is 27.2 Å². The topological polar surface area (TPSA) is 66.8 Å². The van der Waals surface area contributed by atoms with Crippen LogP contribution in [0.15, 0.2) is 30.2 Å². The van der Waals surface area contributed by atoms with E-state index in [1.165, 1.54) is 0 Å². The maximum atomic E-state index is 11.9. The SMILES string of the molecule is CCOC(=O)/C(=C\O)N(C=O)c1c(CC)cccc1CC. The molecule has 114 valence electrons. The number of aryl methyl sites for hydroxylation is 2. The van der Waals surface area contributed by atoms with Crippen molar-refractivity contribution in [3.8, 4) is 0 Å². The van der Waals surface area contributed by atoms with Gasteiger partial charge in [-0.25, -0.2) is 4.79 Å². The number of esters is 1. The molecule has 0 bridgehead atoms. The second kappa shape index (κ2) is 8.09. The molecule has 0 aromatic heterocycles. The molecule has 0 saturated heterocycles. The molecule has 0 fully saturated rings. The van der Waals surface area contributed by atoms with Crippen molar-refractivity contribution >= 4 is 18.1 Å². The number of hydrogen-bond donors (Lipinski definition) is 1.